The van der Waals surface area contributed by atoms with Crippen molar-refractivity contribution < 1.29 is 9.18 Å². The molecule has 0 aliphatic heterocycles. The first-order valence-corrected chi connectivity index (χ1v) is 4.92. The summed E-state index contributed by atoms with van der Waals surface area (Å²) in [5.74, 6) is 1.60. The molecule has 1 rings (SSSR count). The Morgan fingerprint density at radius 3 is 3.00 bits per heavy atom. The van der Waals surface area contributed by atoms with Crippen LogP contribution in [-0.4, -0.2) is 12.5 Å². The van der Waals surface area contributed by atoms with Gasteiger partial charge in [-0.15, -0.1) is 12.3 Å². The van der Waals surface area contributed by atoms with Gasteiger partial charge in [0.15, 0.2) is 0 Å². The number of nitrogen functional groups attached to an aromatic ring is 1. The molecule has 0 saturated carbocycles. The normalized spacial score (nSPS) is 9.50. The summed E-state index contributed by atoms with van der Waals surface area (Å²) in [6, 6.07) is 3.70. The molecule has 0 fully saturated rings. The highest BCUT2D eigenvalue weighted by molar-refractivity contribution is 5.99. The molecule has 1 aromatic rings. The standard InChI is InChI=1S/C12H13FN2O/c1-2-3-4-7-15-12(16)10-8-9(13)5-6-11(10)14/h1,5-6,8H,3-4,7,14H2,(H,15,16). The number of benzene rings is 1. The van der Waals surface area contributed by atoms with Crippen LogP contribution >= 0.6 is 0 Å². The minimum atomic E-state index is -0.483. The third kappa shape index (κ3) is 3.28. The average molecular weight is 220 g/mol. The van der Waals surface area contributed by atoms with E-state index in [1.165, 1.54) is 12.1 Å². The van der Waals surface area contributed by atoms with E-state index in [0.717, 1.165) is 6.07 Å². The van der Waals surface area contributed by atoms with Crippen LogP contribution in [0.15, 0.2) is 18.2 Å². The summed E-state index contributed by atoms with van der Waals surface area (Å²) in [7, 11) is 0. The van der Waals surface area contributed by atoms with Gasteiger partial charge in [0.05, 0.1) is 5.56 Å². The largest absolute Gasteiger partial charge is 0.398 e. The van der Waals surface area contributed by atoms with Crippen LogP contribution < -0.4 is 11.1 Å². The molecule has 0 atom stereocenters. The lowest BCUT2D eigenvalue weighted by Crippen LogP contribution is -2.25. The molecule has 1 amide bonds. The third-order valence-electron chi connectivity index (χ3n) is 2.04. The maximum Gasteiger partial charge on any atom is 0.253 e. The van der Waals surface area contributed by atoms with E-state index in [4.69, 9.17) is 12.2 Å². The Labute approximate surface area is 93.8 Å². The van der Waals surface area contributed by atoms with E-state index < -0.39 is 5.82 Å². The Kier molecular flexibility index (Phi) is 4.34. The number of halogens is 1. The molecule has 84 valence electrons. The van der Waals surface area contributed by atoms with Crippen LogP contribution in [0.5, 0.6) is 0 Å². The molecule has 1 aromatic carbocycles. The van der Waals surface area contributed by atoms with Crippen LogP contribution in [0, 0.1) is 18.2 Å². The number of carbonyl (C=O) groups is 1. The molecule has 0 saturated heterocycles. The van der Waals surface area contributed by atoms with Crippen molar-refractivity contribution in [3.05, 3.63) is 29.6 Å². The minimum absolute atomic E-state index is 0.153. The van der Waals surface area contributed by atoms with Gasteiger partial charge in [0.1, 0.15) is 5.82 Å². The molecule has 0 heterocycles. The summed E-state index contributed by atoms with van der Waals surface area (Å²) in [6.07, 6.45) is 6.36. The van der Waals surface area contributed by atoms with Gasteiger partial charge in [-0.1, -0.05) is 0 Å². The minimum Gasteiger partial charge on any atom is -0.398 e. The van der Waals surface area contributed by atoms with Gasteiger partial charge in [0.25, 0.3) is 5.91 Å². The summed E-state index contributed by atoms with van der Waals surface area (Å²) in [5.41, 5.74) is 5.97. The van der Waals surface area contributed by atoms with Crippen LogP contribution in [0.1, 0.15) is 23.2 Å². The zero-order valence-corrected chi connectivity index (χ0v) is 8.79. The molecule has 0 bridgehead atoms. The van der Waals surface area contributed by atoms with E-state index in [9.17, 15) is 9.18 Å². The first-order valence-electron chi connectivity index (χ1n) is 4.92. The number of nitrogens with one attached hydrogen (secondary N) is 1. The number of amides is 1. The number of carbonyl (C=O) groups excluding carboxylic acids is 1. The van der Waals surface area contributed by atoms with Crippen molar-refractivity contribution in [2.75, 3.05) is 12.3 Å². The molecule has 4 heteroatoms. The summed E-state index contributed by atoms with van der Waals surface area (Å²) >= 11 is 0. The van der Waals surface area contributed by atoms with Gasteiger partial charge in [-0.3, -0.25) is 4.79 Å². The molecular formula is C12H13FN2O. The van der Waals surface area contributed by atoms with Crippen molar-refractivity contribution in [2.45, 2.75) is 12.8 Å². The second-order valence-corrected chi connectivity index (χ2v) is 3.30. The Bertz CT molecular complexity index is 424. The molecular weight excluding hydrogens is 207 g/mol. The van der Waals surface area contributed by atoms with E-state index in [1.807, 2.05) is 0 Å². The lowest BCUT2D eigenvalue weighted by atomic mass is 10.1. The number of unbranched alkanes of at least 4 members (excludes halogenated alkanes) is 1. The molecule has 3 N–H and O–H groups in total. The molecule has 0 unspecified atom stereocenters. The number of rotatable bonds is 4. The molecule has 3 nitrogen and oxygen atoms in total. The summed E-state index contributed by atoms with van der Waals surface area (Å²) in [4.78, 5) is 11.6. The number of nitrogens with two attached hydrogens (primary N) is 1. The van der Waals surface area contributed by atoms with Crippen LogP contribution in [0.4, 0.5) is 10.1 Å². The van der Waals surface area contributed by atoms with Gasteiger partial charge in [-0.25, -0.2) is 4.39 Å². The molecule has 0 radical (unpaired) electrons. The highest BCUT2D eigenvalue weighted by Crippen LogP contribution is 2.12. The smallest absolute Gasteiger partial charge is 0.253 e. The van der Waals surface area contributed by atoms with Crippen molar-refractivity contribution >= 4 is 11.6 Å². The second-order valence-electron chi connectivity index (χ2n) is 3.30. The lowest BCUT2D eigenvalue weighted by molar-refractivity contribution is 0.0954. The average Bonchev–Trinajstić information content (AvgIpc) is 2.27. The highest BCUT2D eigenvalue weighted by Gasteiger charge is 2.09. The van der Waals surface area contributed by atoms with E-state index in [2.05, 4.69) is 11.2 Å². The van der Waals surface area contributed by atoms with Gasteiger partial charge in [0, 0.05) is 18.7 Å². The molecule has 0 aliphatic rings. The van der Waals surface area contributed by atoms with Crippen molar-refractivity contribution in [3.8, 4) is 12.3 Å². The molecule has 0 aromatic heterocycles. The molecule has 0 aliphatic carbocycles. The van der Waals surface area contributed by atoms with Crippen molar-refractivity contribution in [1.29, 1.82) is 0 Å². The summed E-state index contributed by atoms with van der Waals surface area (Å²) in [6.45, 7) is 0.457. The number of terminal acetylenes is 1. The van der Waals surface area contributed by atoms with E-state index >= 15 is 0 Å². The second kappa shape index (κ2) is 5.76. The fourth-order valence-electron chi connectivity index (χ4n) is 1.21. The van der Waals surface area contributed by atoms with Gasteiger partial charge >= 0.3 is 0 Å². The number of hydrogen-bond donors (Lipinski definition) is 2. The third-order valence-corrected chi connectivity index (χ3v) is 2.04. The first-order chi connectivity index (χ1) is 7.65. The molecule has 0 spiro atoms. The Hall–Kier alpha value is -2.02. The predicted molar refractivity (Wildman–Crippen MR) is 61.2 cm³/mol. The lowest BCUT2D eigenvalue weighted by Gasteiger charge is -2.06. The van der Waals surface area contributed by atoms with Crippen molar-refractivity contribution in [1.82, 2.24) is 5.32 Å². The van der Waals surface area contributed by atoms with Crippen molar-refractivity contribution in [2.24, 2.45) is 0 Å². The zero-order valence-electron chi connectivity index (χ0n) is 8.79. The Morgan fingerprint density at radius 1 is 1.56 bits per heavy atom. The SMILES string of the molecule is C#CCCCNC(=O)c1cc(F)ccc1N. The fourth-order valence-corrected chi connectivity index (χ4v) is 1.21. The maximum atomic E-state index is 12.9. The number of hydrogen-bond acceptors (Lipinski definition) is 2. The van der Waals surface area contributed by atoms with Crippen LogP contribution in [0.3, 0.4) is 0 Å². The first kappa shape index (κ1) is 12.1. The Morgan fingerprint density at radius 2 is 2.31 bits per heavy atom. The van der Waals surface area contributed by atoms with E-state index in [0.29, 0.717) is 19.4 Å². The summed E-state index contributed by atoms with van der Waals surface area (Å²) < 4.78 is 12.9. The predicted octanol–water partition coefficient (Wildman–Crippen LogP) is 1.55. The monoisotopic (exact) mass is 220 g/mol. The quantitative estimate of drug-likeness (QED) is 0.459. The highest BCUT2D eigenvalue weighted by atomic mass is 19.1. The number of anilines is 1. The fraction of sp³-hybridized carbons (Fsp3) is 0.250. The van der Waals surface area contributed by atoms with Crippen LogP contribution in [0.25, 0.3) is 0 Å². The Balaban J connectivity index is 2.59. The van der Waals surface area contributed by atoms with Crippen LogP contribution in [0.2, 0.25) is 0 Å². The van der Waals surface area contributed by atoms with Gasteiger partial charge in [-0.2, -0.15) is 0 Å². The van der Waals surface area contributed by atoms with E-state index in [-0.39, 0.29) is 17.2 Å². The zero-order chi connectivity index (χ0) is 12.0. The van der Waals surface area contributed by atoms with Gasteiger partial charge in [0.2, 0.25) is 0 Å². The van der Waals surface area contributed by atoms with Gasteiger partial charge < -0.3 is 11.1 Å². The van der Waals surface area contributed by atoms with Crippen LogP contribution in [-0.2, 0) is 0 Å². The van der Waals surface area contributed by atoms with Gasteiger partial charge in [-0.05, 0) is 24.6 Å². The van der Waals surface area contributed by atoms with E-state index in [1.54, 1.807) is 0 Å². The molecule has 16 heavy (non-hydrogen) atoms. The van der Waals surface area contributed by atoms with Crippen molar-refractivity contribution in [3.63, 3.8) is 0 Å². The summed E-state index contributed by atoms with van der Waals surface area (Å²) in [5, 5.41) is 2.62. The topological polar surface area (TPSA) is 55.1 Å². The maximum absolute atomic E-state index is 12.9.